The first-order valence-electron chi connectivity index (χ1n) is 19.6. The summed E-state index contributed by atoms with van der Waals surface area (Å²) in [5, 5.41) is 3.72. The van der Waals surface area contributed by atoms with Gasteiger partial charge in [-0.05, 0) is 101 Å². The van der Waals surface area contributed by atoms with Crippen molar-refractivity contribution in [1.29, 1.82) is 0 Å². The van der Waals surface area contributed by atoms with Gasteiger partial charge in [0.2, 0.25) is 0 Å². The van der Waals surface area contributed by atoms with E-state index in [1.807, 2.05) is 0 Å². The van der Waals surface area contributed by atoms with E-state index >= 15 is 0 Å². The first-order valence-corrected chi connectivity index (χ1v) is 23.1. The molecule has 0 radical (unpaired) electrons. The summed E-state index contributed by atoms with van der Waals surface area (Å²) in [5.74, 6) is 1.73. The van der Waals surface area contributed by atoms with Crippen LogP contribution in [0.15, 0.2) is 176 Å². The number of para-hydroxylation sites is 2. The SMILES string of the molecule is CC1(C)c2ccccc2-c2ccc(N(c3ccc([Si](C)(C)C)cc3)c3ccc4c(c3)Oc3cccc5c(N(c6ccccc6)c6ccccc6)ccc-4c35)cc21. The van der Waals surface area contributed by atoms with Crippen LogP contribution in [0.1, 0.15) is 25.0 Å². The van der Waals surface area contributed by atoms with Gasteiger partial charge in [0, 0.05) is 56.3 Å². The molecule has 0 aromatic heterocycles. The second-order valence-electron chi connectivity index (χ2n) is 16.6. The van der Waals surface area contributed by atoms with Crippen LogP contribution in [0.5, 0.6) is 11.5 Å². The van der Waals surface area contributed by atoms with Gasteiger partial charge in [-0.25, -0.2) is 0 Å². The van der Waals surface area contributed by atoms with Gasteiger partial charge in [0.1, 0.15) is 11.5 Å². The van der Waals surface area contributed by atoms with E-state index in [2.05, 4.69) is 219 Å². The van der Waals surface area contributed by atoms with Gasteiger partial charge in [0.05, 0.1) is 13.8 Å². The second kappa shape index (κ2) is 12.9. The summed E-state index contributed by atoms with van der Waals surface area (Å²) in [6.45, 7) is 11.9. The highest BCUT2D eigenvalue weighted by Gasteiger charge is 2.36. The van der Waals surface area contributed by atoms with Crippen LogP contribution in [0.25, 0.3) is 33.0 Å². The average Bonchev–Trinajstić information content (AvgIpc) is 3.45. The van der Waals surface area contributed by atoms with Gasteiger partial charge in [-0.15, -0.1) is 0 Å². The van der Waals surface area contributed by atoms with E-state index in [1.54, 1.807) is 0 Å². The molecule has 0 fully saturated rings. The van der Waals surface area contributed by atoms with E-state index in [4.69, 9.17) is 4.74 Å². The summed E-state index contributed by atoms with van der Waals surface area (Å²) >= 11 is 0. The molecule has 8 aromatic carbocycles. The van der Waals surface area contributed by atoms with E-state index in [-0.39, 0.29) is 5.41 Å². The molecule has 56 heavy (non-hydrogen) atoms. The Balaban J connectivity index is 1.11. The molecule has 272 valence electrons. The minimum atomic E-state index is -1.49. The van der Waals surface area contributed by atoms with Crippen molar-refractivity contribution in [3.63, 3.8) is 0 Å². The van der Waals surface area contributed by atoms with Crippen molar-refractivity contribution in [3.05, 3.63) is 187 Å². The van der Waals surface area contributed by atoms with Gasteiger partial charge in [-0.1, -0.05) is 136 Å². The summed E-state index contributed by atoms with van der Waals surface area (Å²) in [6.07, 6.45) is 0. The molecule has 0 spiro atoms. The van der Waals surface area contributed by atoms with Crippen molar-refractivity contribution in [2.45, 2.75) is 38.9 Å². The molecule has 10 rings (SSSR count). The van der Waals surface area contributed by atoms with E-state index < -0.39 is 8.07 Å². The predicted octanol–water partition coefficient (Wildman–Crippen LogP) is 14.4. The third-order valence-electron chi connectivity index (χ3n) is 11.8. The van der Waals surface area contributed by atoms with E-state index in [9.17, 15) is 0 Å². The Hall–Kier alpha value is -6.36. The Bertz CT molecular complexity index is 2750. The number of nitrogens with zero attached hydrogens (tertiary/aromatic N) is 2. The van der Waals surface area contributed by atoms with Gasteiger partial charge in [0.25, 0.3) is 0 Å². The average molecular weight is 741 g/mol. The molecule has 3 nitrogen and oxygen atoms in total. The zero-order chi connectivity index (χ0) is 38.2. The topological polar surface area (TPSA) is 15.7 Å². The highest BCUT2D eigenvalue weighted by Crippen LogP contribution is 2.53. The minimum Gasteiger partial charge on any atom is -0.456 e. The van der Waals surface area contributed by atoms with Crippen LogP contribution >= 0.6 is 0 Å². The number of hydrogen-bond donors (Lipinski definition) is 0. The van der Waals surface area contributed by atoms with Crippen LogP contribution < -0.4 is 19.7 Å². The van der Waals surface area contributed by atoms with E-state index in [0.717, 1.165) is 62.0 Å². The molecule has 8 aromatic rings. The summed E-state index contributed by atoms with van der Waals surface area (Å²) in [7, 11) is -1.49. The highest BCUT2D eigenvalue weighted by molar-refractivity contribution is 6.88. The molecule has 2 aliphatic rings. The zero-order valence-electron chi connectivity index (χ0n) is 32.5. The molecular weight excluding hydrogens is 697 g/mol. The molecule has 0 bridgehead atoms. The standard InChI is InChI=1S/C52H44N2OSi/c1-52(2)46-21-13-12-19-41(46)42-29-25-38(33-47(42)52)53(37-23-27-40(28-24-37)56(3,4)5)39-26-30-43-44-31-32-48(45-20-14-22-49(51(44)45)55-50(43)34-39)54(35-15-8-6-9-16-35)36-17-10-7-11-18-36/h6-34H,1-5H3. The molecule has 0 saturated carbocycles. The minimum absolute atomic E-state index is 0.105. The van der Waals surface area contributed by atoms with Gasteiger partial charge < -0.3 is 14.5 Å². The van der Waals surface area contributed by atoms with Crippen LogP contribution in [0, 0.1) is 0 Å². The van der Waals surface area contributed by atoms with Crippen molar-refractivity contribution in [3.8, 4) is 33.8 Å². The fraction of sp³-hybridized carbons (Fsp3) is 0.115. The van der Waals surface area contributed by atoms with Crippen molar-refractivity contribution in [2.24, 2.45) is 0 Å². The molecule has 0 amide bonds. The summed E-state index contributed by atoms with van der Waals surface area (Å²) in [6, 6.07) is 64.0. The number of rotatable bonds is 7. The highest BCUT2D eigenvalue weighted by atomic mass is 28.3. The Morgan fingerprint density at radius 3 is 1.70 bits per heavy atom. The van der Waals surface area contributed by atoms with Crippen LogP contribution in [0.3, 0.4) is 0 Å². The van der Waals surface area contributed by atoms with Crippen molar-refractivity contribution in [2.75, 3.05) is 9.80 Å². The first-order chi connectivity index (χ1) is 27.2. The molecule has 1 heterocycles. The maximum Gasteiger partial charge on any atom is 0.137 e. The van der Waals surface area contributed by atoms with E-state index in [0.29, 0.717) is 0 Å². The lowest BCUT2D eigenvalue weighted by Gasteiger charge is -2.31. The summed E-state index contributed by atoms with van der Waals surface area (Å²) in [4.78, 5) is 4.73. The van der Waals surface area contributed by atoms with Crippen LogP contribution in [0.2, 0.25) is 19.6 Å². The monoisotopic (exact) mass is 740 g/mol. The molecule has 0 saturated heterocycles. The van der Waals surface area contributed by atoms with Gasteiger partial charge in [0.15, 0.2) is 0 Å². The van der Waals surface area contributed by atoms with Crippen LogP contribution in [-0.2, 0) is 5.41 Å². The zero-order valence-corrected chi connectivity index (χ0v) is 33.5. The molecule has 1 aliphatic heterocycles. The van der Waals surface area contributed by atoms with Crippen molar-refractivity contribution >= 4 is 58.2 Å². The van der Waals surface area contributed by atoms with Gasteiger partial charge >= 0.3 is 0 Å². The number of benzene rings is 8. The Morgan fingerprint density at radius 2 is 1.00 bits per heavy atom. The van der Waals surface area contributed by atoms with E-state index in [1.165, 1.54) is 33.0 Å². The maximum atomic E-state index is 6.93. The fourth-order valence-corrected chi connectivity index (χ4v) is 10.1. The van der Waals surface area contributed by atoms with Gasteiger partial charge in [-0.2, -0.15) is 0 Å². The third kappa shape index (κ3) is 5.47. The van der Waals surface area contributed by atoms with Crippen LogP contribution in [0.4, 0.5) is 34.1 Å². The Labute approximate surface area is 331 Å². The normalized spacial score (nSPS) is 13.4. The summed E-state index contributed by atoms with van der Waals surface area (Å²) in [5.41, 5.74) is 14.2. The van der Waals surface area contributed by atoms with Crippen molar-refractivity contribution < 1.29 is 4.74 Å². The smallest absolute Gasteiger partial charge is 0.137 e. The number of hydrogen-bond acceptors (Lipinski definition) is 3. The Morgan fingerprint density at radius 1 is 0.429 bits per heavy atom. The van der Waals surface area contributed by atoms with Crippen LogP contribution in [-0.4, -0.2) is 8.07 Å². The van der Waals surface area contributed by atoms with Crippen molar-refractivity contribution in [1.82, 2.24) is 0 Å². The lowest BCUT2D eigenvalue weighted by molar-refractivity contribution is 0.487. The molecule has 4 heteroatoms. The molecule has 0 atom stereocenters. The number of ether oxygens (including phenoxy) is 1. The molecule has 1 aliphatic carbocycles. The maximum absolute atomic E-state index is 6.93. The quantitative estimate of drug-likeness (QED) is 0.151. The lowest BCUT2D eigenvalue weighted by Crippen LogP contribution is -2.37. The summed E-state index contributed by atoms with van der Waals surface area (Å²) < 4.78 is 6.93. The lowest BCUT2D eigenvalue weighted by atomic mass is 9.82. The molecule has 0 N–H and O–H groups in total. The number of anilines is 6. The molecule has 0 unspecified atom stereocenters. The van der Waals surface area contributed by atoms with Gasteiger partial charge in [-0.3, -0.25) is 0 Å². The largest absolute Gasteiger partial charge is 0.456 e. The first kappa shape index (κ1) is 34.2. The Kier molecular flexibility index (Phi) is 7.84. The predicted molar refractivity (Wildman–Crippen MR) is 239 cm³/mol. The second-order valence-corrected chi connectivity index (χ2v) is 21.7. The fourth-order valence-electron chi connectivity index (χ4n) is 8.91. The third-order valence-corrected chi connectivity index (χ3v) is 13.9. The molecular formula is C52H44N2OSi. The number of fused-ring (bicyclic) bond motifs is 5.